The van der Waals surface area contributed by atoms with Gasteiger partial charge >= 0.3 is 0 Å². The molecule has 1 saturated heterocycles. The number of hydrogen-bond donors (Lipinski definition) is 4. The number of benzene rings is 1. The Labute approximate surface area is 166 Å². The first-order valence-electron chi connectivity index (χ1n) is 9.40. The molecule has 4 rings (SSSR count). The van der Waals surface area contributed by atoms with Crippen molar-refractivity contribution in [3.8, 4) is 5.75 Å². The van der Waals surface area contributed by atoms with E-state index in [0.29, 0.717) is 29.4 Å². The summed E-state index contributed by atoms with van der Waals surface area (Å²) < 4.78 is 12.4. The molecule has 0 spiro atoms. The molecule has 0 aliphatic carbocycles. The predicted octanol–water partition coefficient (Wildman–Crippen LogP) is 2.74. The summed E-state index contributed by atoms with van der Waals surface area (Å²) >= 11 is 0. The van der Waals surface area contributed by atoms with Gasteiger partial charge in [0.25, 0.3) is 5.56 Å². The average Bonchev–Trinajstić information content (AvgIpc) is 3.08. The predicted molar refractivity (Wildman–Crippen MR) is 109 cm³/mol. The first kappa shape index (κ1) is 19.0. The Bertz CT molecular complexity index is 1120. The fraction of sp³-hybridized carbons (Fsp3) is 0.350. The van der Waals surface area contributed by atoms with Crippen molar-refractivity contribution in [1.29, 1.82) is 5.41 Å². The number of aromatic hydroxyl groups is 1. The largest absolute Gasteiger partial charge is 0.507 e. The van der Waals surface area contributed by atoms with Crippen LogP contribution >= 0.6 is 0 Å². The van der Waals surface area contributed by atoms with Gasteiger partial charge in [-0.25, -0.2) is 0 Å². The van der Waals surface area contributed by atoms with Crippen LogP contribution in [-0.2, 0) is 9.47 Å². The minimum Gasteiger partial charge on any atom is -0.507 e. The van der Waals surface area contributed by atoms with Gasteiger partial charge in [-0.15, -0.1) is 0 Å². The quantitative estimate of drug-likeness (QED) is 0.305. The zero-order valence-electron chi connectivity index (χ0n) is 16.2. The number of ether oxygens (including phenoxy) is 2. The van der Waals surface area contributed by atoms with Crippen molar-refractivity contribution in [3.05, 3.63) is 46.4 Å². The van der Waals surface area contributed by atoms with E-state index in [0.717, 1.165) is 18.5 Å². The molecule has 1 aliphatic heterocycles. The number of pyridine rings is 1. The Morgan fingerprint density at radius 3 is 3.03 bits per heavy atom. The van der Waals surface area contributed by atoms with Gasteiger partial charge in [0.05, 0.1) is 30.8 Å². The second kappa shape index (κ2) is 7.59. The number of fused-ring (bicyclic) bond motifs is 1. The van der Waals surface area contributed by atoms with Crippen molar-refractivity contribution < 1.29 is 14.6 Å². The minimum atomic E-state index is -0.246. The summed E-state index contributed by atoms with van der Waals surface area (Å²) in [5.41, 5.74) is 1.29. The van der Waals surface area contributed by atoms with E-state index in [4.69, 9.17) is 20.0 Å². The molecule has 29 heavy (non-hydrogen) atoms. The van der Waals surface area contributed by atoms with E-state index < -0.39 is 0 Å². The van der Waals surface area contributed by atoms with Gasteiger partial charge in [-0.3, -0.25) is 14.9 Å². The van der Waals surface area contributed by atoms with E-state index in [1.165, 1.54) is 13.2 Å². The minimum absolute atomic E-state index is 0.0284. The van der Waals surface area contributed by atoms with E-state index in [1.54, 1.807) is 18.3 Å². The van der Waals surface area contributed by atoms with Crippen LogP contribution in [0.15, 0.2) is 35.3 Å². The standard InChI is InChI=1S/C20H23N5O4/c1-11-6-8-29-10-15(11)25-14-5-7-22-20(27)17(14)19(24-25)23-12-3-4-16(26)13(9-12)18(21)28-2/h3-5,7,9,11,15,21,26H,6,8,10H2,1-2H3,(H,22,27)(H,23,24). The third-order valence-corrected chi connectivity index (χ3v) is 5.32. The van der Waals surface area contributed by atoms with Crippen LogP contribution in [0.1, 0.15) is 24.9 Å². The number of aromatic nitrogens is 3. The van der Waals surface area contributed by atoms with Crippen molar-refractivity contribution >= 4 is 28.3 Å². The Hall–Kier alpha value is -3.33. The molecule has 9 heteroatoms. The number of methoxy groups -OCH3 is 1. The summed E-state index contributed by atoms with van der Waals surface area (Å²) in [5.74, 6) is 0.540. The molecule has 1 aromatic carbocycles. The molecular weight excluding hydrogens is 374 g/mol. The second-order valence-corrected chi connectivity index (χ2v) is 7.16. The fourth-order valence-electron chi connectivity index (χ4n) is 3.62. The van der Waals surface area contributed by atoms with E-state index in [1.807, 2.05) is 10.7 Å². The molecule has 3 aromatic rings. The van der Waals surface area contributed by atoms with Gasteiger partial charge in [-0.05, 0) is 36.6 Å². The first-order valence-corrected chi connectivity index (χ1v) is 9.40. The molecule has 0 bridgehead atoms. The van der Waals surface area contributed by atoms with Crippen molar-refractivity contribution in [2.45, 2.75) is 19.4 Å². The van der Waals surface area contributed by atoms with Gasteiger partial charge in [0.1, 0.15) is 11.1 Å². The van der Waals surface area contributed by atoms with Crippen molar-refractivity contribution in [2.75, 3.05) is 25.6 Å². The maximum Gasteiger partial charge on any atom is 0.261 e. The molecule has 3 heterocycles. The highest BCUT2D eigenvalue weighted by molar-refractivity contribution is 5.96. The van der Waals surface area contributed by atoms with Crippen LogP contribution in [0, 0.1) is 11.3 Å². The number of nitrogens with one attached hydrogen (secondary N) is 3. The monoisotopic (exact) mass is 397 g/mol. The Morgan fingerprint density at radius 2 is 2.28 bits per heavy atom. The highest BCUT2D eigenvalue weighted by Gasteiger charge is 2.27. The van der Waals surface area contributed by atoms with Crippen LogP contribution in [0.25, 0.3) is 10.9 Å². The van der Waals surface area contributed by atoms with Gasteiger partial charge in [0.2, 0.25) is 5.90 Å². The van der Waals surface area contributed by atoms with Crippen molar-refractivity contribution in [3.63, 3.8) is 0 Å². The summed E-state index contributed by atoms with van der Waals surface area (Å²) in [7, 11) is 1.37. The highest BCUT2D eigenvalue weighted by atomic mass is 16.5. The lowest BCUT2D eigenvalue weighted by molar-refractivity contribution is 0.0255. The van der Waals surface area contributed by atoms with Crippen LogP contribution in [0.5, 0.6) is 5.75 Å². The van der Waals surface area contributed by atoms with Crippen LogP contribution in [0.3, 0.4) is 0 Å². The number of phenols is 1. The third-order valence-electron chi connectivity index (χ3n) is 5.32. The topological polar surface area (TPSA) is 125 Å². The van der Waals surface area contributed by atoms with Gasteiger partial charge in [-0.1, -0.05) is 6.92 Å². The number of rotatable bonds is 4. The third kappa shape index (κ3) is 3.44. The van der Waals surface area contributed by atoms with E-state index in [2.05, 4.69) is 17.2 Å². The molecule has 2 atom stereocenters. The fourth-order valence-corrected chi connectivity index (χ4v) is 3.62. The second-order valence-electron chi connectivity index (χ2n) is 7.16. The number of aromatic amines is 1. The molecule has 0 amide bonds. The molecule has 0 radical (unpaired) electrons. The first-order chi connectivity index (χ1) is 14.0. The smallest absolute Gasteiger partial charge is 0.261 e. The van der Waals surface area contributed by atoms with E-state index in [9.17, 15) is 9.90 Å². The number of phenolic OH excluding ortho intramolecular Hbond substituents is 1. The Balaban J connectivity index is 1.79. The average molecular weight is 397 g/mol. The van der Waals surface area contributed by atoms with Crippen molar-refractivity contribution in [2.24, 2.45) is 5.92 Å². The normalized spacial score (nSPS) is 19.2. The summed E-state index contributed by atoms with van der Waals surface area (Å²) in [6.45, 7) is 3.42. The summed E-state index contributed by atoms with van der Waals surface area (Å²) in [6.07, 6.45) is 2.54. The van der Waals surface area contributed by atoms with Crippen molar-refractivity contribution in [1.82, 2.24) is 14.8 Å². The molecule has 0 saturated carbocycles. The number of nitrogens with zero attached hydrogens (tertiary/aromatic N) is 2. The maximum atomic E-state index is 12.6. The molecule has 152 valence electrons. The Morgan fingerprint density at radius 1 is 1.45 bits per heavy atom. The van der Waals surface area contributed by atoms with E-state index in [-0.39, 0.29) is 28.8 Å². The lowest BCUT2D eigenvalue weighted by atomic mass is 9.97. The maximum absolute atomic E-state index is 12.6. The van der Waals surface area contributed by atoms with Gasteiger partial charge in [0.15, 0.2) is 5.82 Å². The lowest BCUT2D eigenvalue weighted by Crippen LogP contribution is -2.29. The van der Waals surface area contributed by atoms with Crippen LogP contribution in [0.4, 0.5) is 11.5 Å². The zero-order chi connectivity index (χ0) is 20.5. The Kier molecular flexibility index (Phi) is 4.98. The summed E-state index contributed by atoms with van der Waals surface area (Å²) in [5, 5.41) is 26.1. The van der Waals surface area contributed by atoms with Gasteiger partial charge in [0, 0.05) is 18.5 Å². The molecular formula is C20H23N5O4. The zero-order valence-corrected chi connectivity index (χ0v) is 16.2. The molecule has 1 aliphatic rings. The van der Waals surface area contributed by atoms with Crippen LogP contribution in [0.2, 0.25) is 0 Å². The number of anilines is 2. The summed E-state index contributed by atoms with van der Waals surface area (Å²) in [4.78, 5) is 15.3. The van der Waals surface area contributed by atoms with Gasteiger partial charge < -0.3 is 24.9 Å². The highest BCUT2D eigenvalue weighted by Crippen LogP contribution is 2.32. The van der Waals surface area contributed by atoms with Crippen LogP contribution in [-0.4, -0.2) is 46.1 Å². The molecule has 2 unspecified atom stereocenters. The number of H-pyrrole nitrogens is 1. The van der Waals surface area contributed by atoms with Gasteiger partial charge in [-0.2, -0.15) is 5.10 Å². The summed E-state index contributed by atoms with van der Waals surface area (Å²) in [6, 6.07) is 6.55. The molecule has 1 fully saturated rings. The molecule has 4 N–H and O–H groups in total. The molecule has 9 nitrogen and oxygen atoms in total. The number of hydrogen-bond acceptors (Lipinski definition) is 7. The van der Waals surface area contributed by atoms with E-state index >= 15 is 0 Å². The lowest BCUT2D eigenvalue weighted by Gasteiger charge is -2.29. The van der Waals surface area contributed by atoms with Crippen LogP contribution < -0.4 is 10.9 Å². The molecule has 2 aromatic heterocycles. The SMILES string of the molecule is COC(=N)c1cc(Nc2nn(C3COCCC3C)c3cc[nH]c(=O)c23)ccc1O.